The Morgan fingerprint density at radius 2 is 1.47 bits per heavy atom. The van der Waals surface area contributed by atoms with Crippen LogP contribution in [0.2, 0.25) is 0 Å². The van der Waals surface area contributed by atoms with E-state index in [1.807, 2.05) is 39.0 Å². The number of aliphatic hydroxyl groups is 2. The molecule has 0 aliphatic heterocycles. The standard InChI is InChI=1S/C13H19NO.C11H21NO3/c15-13-9-5-4-8-12(13)14-10-11-6-2-1-3-7-11;1-11(2,3)15-10(14)12-8-6-4-5-7-9(8)13/h1-3,6-7,12-15H,4-5,8-10H2;8-9,13H,4-7H2,1-3H3,(H,12,14)/t12-,13-;8-,9-/m00/s1. The fraction of sp³-hybridized carbons (Fsp3) is 0.708. The van der Waals surface area contributed by atoms with Gasteiger partial charge in [-0.1, -0.05) is 56.0 Å². The smallest absolute Gasteiger partial charge is 0.407 e. The lowest BCUT2D eigenvalue weighted by molar-refractivity contribution is 0.0363. The normalized spacial score (nSPS) is 26.8. The van der Waals surface area contributed by atoms with Crippen LogP contribution in [0.15, 0.2) is 30.3 Å². The molecule has 0 aromatic heterocycles. The number of nitrogens with one attached hydrogen (secondary N) is 2. The summed E-state index contributed by atoms with van der Waals surface area (Å²) in [6, 6.07) is 10.5. The molecule has 4 atom stereocenters. The molecular weight excluding hydrogens is 380 g/mol. The summed E-state index contributed by atoms with van der Waals surface area (Å²) in [5.74, 6) is 0. The van der Waals surface area contributed by atoms with Gasteiger partial charge in [0.15, 0.2) is 0 Å². The van der Waals surface area contributed by atoms with Crippen LogP contribution in [0, 0.1) is 0 Å². The van der Waals surface area contributed by atoms with Crippen molar-refractivity contribution in [3.05, 3.63) is 35.9 Å². The van der Waals surface area contributed by atoms with Gasteiger partial charge in [-0.2, -0.15) is 0 Å². The highest BCUT2D eigenvalue weighted by molar-refractivity contribution is 5.68. The minimum atomic E-state index is -0.482. The van der Waals surface area contributed by atoms with Crippen molar-refractivity contribution in [2.45, 2.75) is 109 Å². The predicted octanol–water partition coefficient (Wildman–Crippen LogP) is 3.89. The highest BCUT2D eigenvalue weighted by Gasteiger charge is 2.26. The number of rotatable bonds is 4. The molecule has 6 heteroatoms. The van der Waals surface area contributed by atoms with Gasteiger partial charge in [0.1, 0.15) is 5.60 Å². The first-order valence-corrected chi connectivity index (χ1v) is 11.4. The van der Waals surface area contributed by atoms with Gasteiger partial charge in [0.2, 0.25) is 0 Å². The summed E-state index contributed by atoms with van der Waals surface area (Å²) in [7, 11) is 0. The van der Waals surface area contributed by atoms with E-state index in [-0.39, 0.29) is 12.1 Å². The molecule has 4 N–H and O–H groups in total. The van der Waals surface area contributed by atoms with E-state index in [1.54, 1.807) is 0 Å². The van der Waals surface area contributed by atoms with E-state index in [4.69, 9.17) is 4.74 Å². The Balaban J connectivity index is 0.000000214. The zero-order valence-electron chi connectivity index (χ0n) is 18.8. The van der Waals surface area contributed by atoms with E-state index >= 15 is 0 Å². The Hall–Kier alpha value is -1.63. The first kappa shape index (κ1) is 24.6. The Kier molecular flexibility index (Phi) is 10.1. The third kappa shape index (κ3) is 9.45. The summed E-state index contributed by atoms with van der Waals surface area (Å²) < 4.78 is 5.13. The molecule has 0 spiro atoms. The quantitative estimate of drug-likeness (QED) is 0.593. The van der Waals surface area contributed by atoms with Gasteiger partial charge < -0.3 is 25.6 Å². The van der Waals surface area contributed by atoms with Crippen molar-refractivity contribution < 1.29 is 19.7 Å². The fourth-order valence-corrected chi connectivity index (χ4v) is 3.93. The average molecular weight is 421 g/mol. The molecular formula is C24H40N2O4. The van der Waals surface area contributed by atoms with Gasteiger partial charge >= 0.3 is 6.09 Å². The average Bonchev–Trinajstić information content (AvgIpc) is 2.69. The van der Waals surface area contributed by atoms with E-state index in [0.29, 0.717) is 6.04 Å². The van der Waals surface area contributed by atoms with Crippen molar-refractivity contribution in [3.63, 3.8) is 0 Å². The molecule has 2 aliphatic carbocycles. The fourth-order valence-electron chi connectivity index (χ4n) is 3.93. The largest absolute Gasteiger partial charge is 0.444 e. The van der Waals surface area contributed by atoms with Crippen LogP contribution in [0.4, 0.5) is 4.79 Å². The highest BCUT2D eigenvalue weighted by atomic mass is 16.6. The number of carbonyl (C=O) groups is 1. The third-order valence-corrected chi connectivity index (χ3v) is 5.57. The molecule has 0 radical (unpaired) electrons. The maximum Gasteiger partial charge on any atom is 0.407 e. The number of alkyl carbamates (subject to hydrolysis) is 1. The summed E-state index contributed by atoms with van der Waals surface area (Å²) in [5, 5.41) is 25.6. The number of hydrogen-bond acceptors (Lipinski definition) is 5. The van der Waals surface area contributed by atoms with Crippen LogP contribution in [-0.2, 0) is 11.3 Å². The summed E-state index contributed by atoms with van der Waals surface area (Å²) in [4.78, 5) is 11.4. The zero-order chi connectivity index (χ0) is 22.0. The molecule has 1 amide bonds. The molecule has 3 rings (SSSR count). The van der Waals surface area contributed by atoms with Crippen LogP contribution in [0.1, 0.15) is 77.7 Å². The lowest BCUT2D eigenvalue weighted by Crippen LogP contribution is -2.46. The van der Waals surface area contributed by atoms with Crippen LogP contribution in [0.25, 0.3) is 0 Å². The summed E-state index contributed by atoms with van der Waals surface area (Å²) >= 11 is 0. The van der Waals surface area contributed by atoms with Crippen molar-refractivity contribution in [1.82, 2.24) is 10.6 Å². The topological polar surface area (TPSA) is 90.8 Å². The first-order valence-electron chi connectivity index (χ1n) is 11.4. The lowest BCUT2D eigenvalue weighted by atomic mass is 9.92. The van der Waals surface area contributed by atoms with Crippen molar-refractivity contribution >= 4 is 6.09 Å². The number of aliphatic hydroxyl groups excluding tert-OH is 2. The van der Waals surface area contributed by atoms with Gasteiger partial charge in [0.05, 0.1) is 18.2 Å². The van der Waals surface area contributed by atoms with E-state index in [1.165, 1.54) is 18.4 Å². The van der Waals surface area contributed by atoms with Crippen molar-refractivity contribution in [3.8, 4) is 0 Å². The van der Waals surface area contributed by atoms with Crippen LogP contribution < -0.4 is 10.6 Å². The highest BCUT2D eigenvalue weighted by Crippen LogP contribution is 2.19. The molecule has 0 saturated heterocycles. The minimum absolute atomic E-state index is 0.145. The number of ether oxygens (including phenoxy) is 1. The SMILES string of the molecule is CC(C)(C)OC(=O)N[C@H]1CCCC[C@@H]1O.O[C@H]1CCCC[C@@H]1NCc1ccccc1. The van der Waals surface area contributed by atoms with Crippen LogP contribution in [0.3, 0.4) is 0 Å². The lowest BCUT2D eigenvalue weighted by Gasteiger charge is -2.29. The second kappa shape index (κ2) is 12.3. The van der Waals surface area contributed by atoms with Crippen molar-refractivity contribution in [2.75, 3.05) is 0 Å². The Labute approximate surface area is 181 Å². The predicted molar refractivity (Wildman–Crippen MR) is 119 cm³/mol. The molecule has 0 unspecified atom stereocenters. The van der Waals surface area contributed by atoms with Crippen LogP contribution in [-0.4, -0.2) is 46.2 Å². The molecule has 170 valence electrons. The molecule has 30 heavy (non-hydrogen) atoms. The number of carbonyl (C=O) groups excluding carboxylic acids is 1. The van der Waals surface area contributed by atoms with Crippen molar-refractivity contribution in [2.24, 2.45) is 0 Å². The summed E-state index contributed by atoms with van der Waals surface area (Å²) in [6.45, 7) is 6.33. The molecule has 1 aromatic rings. The van der Waals surface area contributed by atoms with E-state index < -0.39 is 17.8 Å². The van der Waals surface area contributed by atoms with E-state index in [0.717, 1.165) is 45.1 Å². The minimum Gasteiger partial charge on any atom is -0.444 e. The van der Waals surface area contributed by atoms with Gasteiger partial charge in [-0.15, -0.1) is 0 Å². The number of amides is 1. The number of benzene rings is 1. The molecule has 0 bridgehead atoms. The summed E-state index contributed by atoms with van der Waals surface area (Å²) in [6.07, 6.45) is 7.14. The van der Waals surface area contributed by atoms with Gasteiger partial charge in [-0.25, -0.2) is 4.79 Å². The molecule has 0 heterocycles. The molecule has 1 aromatic carbocycles. The Morgan fingerprint density at radius 1 is 0.933 bits per heavy atom. The summed E-state index contributed by atoms with van der Waals surface area (Å²) in [5.41, 5.74) is 0.805. The second-order valence-corrected chi connectivity index (χ2v) is 9.43. The van der Waals surface area contributed by atoms with Crippen molar-refractivity contribution in [1.29, 1.82) is 0 Å². The Morgan fingerprint density at radius 3 is 2.00 bits per heavy atom. The van der Waals surface area contributed by atoms with Gasteiger partial charge in [-0.3, -0.25) is 0 Å². The monoisotopic (exact) mass is 420 g/mol. The van der Waals surface area contributed by atoms with Crippen LogP contribution in [0.5, 0.6) is 0 Å². The van der Waals surface area contributed by atoms with Gasteiger partial charge in [0, 0.05) is 12.6 Å². The maximum absolute atomic E-state index is 11.4. The molecule has 2 aliphatic rings. The maximum atomic E-state index is 11.4. The molecule has 2 fully saturated rings. The van der Waals surface area contributed by atoms with Gasteiger partial charge in [0.25, 0.3) is 0 Å². The second-order valence-electron chi connectivity index (χ2n) is 9.43. The van der Waals surface area contributed by atoms with E-state index in [2.05, 4.69) is 22.8 Å². The van der Waals surface area contributed by atoms with E-state index in [9.17, 15) is 15.0 Å². The molecule has 6 nitrogen and oxygen atoms in total. The Bertz CT molecular complexity index is 617. The first-order chi connectivity index (χ1) is 14.2. The number of hydrogen-bond donors (Lipinski definition) is 4. The third-order valence-electron chi connectivity index (χ3n) is 5.57. The zero-order valence-corrected chi connectivity index (χ0v) is 18.8. The molecule has 2 saturated carbocycles. The van der Waals surface area contributed by atoms with Crippen LogP contribution >= 0.6 is 0 Å². The van der Waals surface area contributed by atoms with Gasteiger partial charge in [-0.05, 0) is 52.0 Å².